The molecule has 0 radical (unpaired) electrons. The summed E-state index contributed by atoms with van der Waals surface area (Å²) in [5.41, 5.74) is 1.96. The van der Waals surface area contributed by atoms with Gasteiger partial charge in [-0.05, 0) is 87.8 Å². The van der Waals surface area contributed by atoms with Gasteiger partial charge in [0.2, 0.25) is 10.0 Å². The number of amides is 1. The SMILES string of the molecule is Cc1cc(S(=O)(=O)NC(C)C2CCNCC2)ccc1NC(=O)c1ccsc1C.Cl. The third-order valence-electron chi connectivity index (χ3n) is 5.29. The van der Waals surface area contributed by atoms with Crippen molar-refractivity contribution in [3.05, 3.63) is 45.6 Å². The van der Waals surface area contributed by atoms with Crippen LogP contribution in [-0.4, -0.2) is 33.5 Å². The van der Waals surface area contributed by atoms with Crippen molar-refractivity contribution in [1.29, 1.82) is 0 Å². The van der Waals surface area contributed by atoms with E-state index in [1.54, 1.807) is 31.2 Å². The quantitative estimate of drug-likeness (QED) is 0.617. The second-order valence-electron chi connectivity index (χ2n) is 7.32. The second kappa shape index (κ2) is 10.0. The highest BCUT2D eigenvalue weighted by Gasteiger charge is 2.25. The number of thiophene rings is 1. The summed E-state index contributed by atoms with van der Waals surface area (Å²) < 4.78 is 28.4. The highest BCUT2D eigenvalue weighted by atomic mass is 35.5. The predicted molar refractivity (Wildman–Crippen MR) is 121 cm³/mol. The summed E-state index contributed by atoms with van der Waals surface area (Å²) in [5, 5.41) is 8.04. The zero-order valence-electron chi connectivity index (χ0n) is 16.8. The number of piperidine rings is 1. The number of sulfonamides is 1. The van der Waals surface area contributed by atoms with Gasteiger partial charge in [0.25, 0.3) is 5.91 Å². The Kier molecular flexibility index (Phi) is 8.25. The Balaban J connectivity index is 0.00000300. The average molecular weight is 458 g/mol. The van der Waals surface area contributed by atoms with Crippen LogP contribution in [0.3, 0.4) is 0 Å². The van der Waals surface area contributed by atoms with Crippen molar-refractivity contribution >= 4 is 45.4 Å². The molecule has 0 aliphatic carbocycles. The summed E-state index contributed by atoms with van der Waals surface area (Å²) in [6.45, 7) is 7.47. The van der Waals surface area contributed by atoms with Crippen LogP contribution in [0.25, 0.3) is 0 Å². The Hall–Kier alpha value is -1.45. The fourth-order valence-corrected chi connectivity index (χ4v) is 5.60. The number of hydrogen-bond donors (Lipinski definition) is 3. The minimum Gasteiger partial charge on any atom is -0.322 e. The molecule has 0 saturated carbocycles. The van der Waals surface area contributed by atoms with E-state index in [-0.39, 0.29) is 29.3 Å². The van der Waals surface area contributed by atoms with Crippen molar-refractivity contribution in [2.45, 2.75) is 44.6 Å². The molecule has 1 aliphatic heterocycles. The van der Waals surface area contributed by atoms with E-state index in [1.165, 1.54) is 11.3 Å². The van der Waals surface area contributed by atoms with Crippen LogP contribution in [0, 0.1) is 19.8 Å². The molecule has 2 aromatic rings. The van der Waals surface area contributed by atoms with E-state index >= 15 is 0 Å². The van der Waals surface area contributed by atoms with Crippen LogP contribution in [0.1, 0.15) is 40.6 Å². The van der Waals surface area contributed by atoms with Gasteiger partial charge in [-0.2, -0.15) is 0 Å². The lowest BCUT2D eigenvalue weighted by molar-refractivity contribution is 0.102. The molecule has 1 aliphatic rings. The molecule has 0 bridgehead atoms. The summed E-state index contributed by atoms with van der Waals surface area (Å²) >= 11 is 1.52. The number of rotatable bonds is 6. The van der Waals surface area contributed by atoms with E-state index in [1.807, 2.05) is 19.2 Å². The first-order chi connectivity index (χ1) is 13.3. The van der Waals surface area contributed by atoms with Gasteiger partial charge >= 0.3 is 0 Å². The fourth-order valence-electron chi connectivity index (χ4n) is 3.51. The molecule has 1 aromatic carbocycles. The van der Waals surface area contributed by atoms with Crippen LogP contribution >= 0.6 is 23.7 Å². The molecule has 1 atom stereocenters. The average Bonchev–Trinajstić information content (AvgIpc) is 3.09. The minimum atomic E-state index is -3.61. The molecule has 160 valence electrons. The maximum Gasteiger partial charge on any atom is 0.256 e. The monoisotopic (exact) mass is 457 g/mol. The Morgan fingerprint density at radius 3 is 2.48 bits per heavy atom. The van der Waals surface area contributed by atoms with Crippen molar-refractivity contribution in [1.82, 2.24) is 10.0 Å². The van der Waals surface area contributed by atoms with E-state index in [0.29, 0.717) is 22.7 Å². The van der Waals surface area contributed by atoms with E-state index in [2.05, 4.69) is 15.4 Å². The number of carbonyl (C=O) groups is 1. The molecule has 1 unspecified atom stereocenters. The van der Waals surface area contributed by atoms with Crippen molar-refractivity contribution in [2.75, 3.05) is 18.4 Å². The number of nitrogens with one attached hydrogen (secondary N) is 3. The third-order valence-corrected chi connectivity index (χ3v) is 7.69. The van der Waals surface area contributed by atoms with Gasteiger partial charge in [0.05, 0.1) is 10.5 Å². The molecule has 1 amide bonds. The molecular formula is C20H28ClN3O3S2. The van der Waals surface area contributed by atoms with Gasteiger partial charge in [0.15, 0.2) is 0 Å². The smallest absolute Gasteiger partial charge is 0.256 e. The summed E-state index contributed by atoms with van der Waals surface area (Å²) in [4.78, 5) is 13.6. The number of benzene rings is 1. The summed E-state index contributed by atoms with van der Waals surface area (Å²) in [6, 6.07) is 6.47. The largest absolute Gasteiger partial charge is 0.322 e. The molecular weight excluding hydrogens is 430 g/mol. The Bertz CT molecular complexity index is 954. The van der Waals surface area contributed by atoms with Crippen LogP contribution < -0.4 is 15.4 Å². The maximum absolute atomic E-state index is 12.8. The molecule has 9 heteroatoms. The number of halogens is 1. The number of aryl methyl sites for hydroxylation is 2. The highest BCUT2D eigenvalue weighted by molar-refractivity contribution is 7.89. The van der Waals surface area contributed by atoms with Gasteiger partial charge in [-0.1, -0.05) is 0 Å². The molecule has 29 heavy (non-hydrogen) atoms. The van der Waals surface area contributed by atoms with Gasteiger partial charge in [-0.3, -0.25) is 4.79 Å². The lowest BCUT2D eigenvalue weighted by atomic mass is 9.92. The first-order valence-corrected chi connectivity index (χ1v) is 11.8. The summed E-state index contributed by atoms with van der Waals surface area (Å²) in [5.74, 6) is 0.152. The fraction of sp³-hybridized carbons (Fsp3) is 0.450. The zero-order valence-corrected chi connectivity index (χ0v) is 19.3. The van der Waals surface area contributed by atoms with Crippen molar-refractivity contribution in [3.8, 4) is 0 Å². The second-order valence-corrected chi connectivity index (χ2v) is 10.2. The van der Waals surface area contributed by atoms with Gasteiger partial charge in [0, 0.05) is 16.6 Å². The number of carbonyl (C=O) groups excluding carboxylic acids is 1. The first kappa shape index (κ1) is 23.8. The standard InChI is InChI=1S/C20H27N3O3S2.ClH/c1-13-12-17(28(25,26)23-14(2)16-6-9-21-10-7-16)4-5-19(13)22-20(24)18-8-11-27-15(18)3;/h4-5,8,11-12,14,16,21,23H,6-7,9-10H2,1-3H3,(H,22,24);1H. The van der Waals surface area contributed by atoms with Crippen molar-refractivity contribution in [3.63, 3.8) is 0 Å². The van der Waals surface area contributed by atoms with Gasteiger partial charge in [-0.15, -0.1) is 23.7 Å². The summed E-state index contributed by atoms with van der Waals surface area (Å²) in [7, 11) is -3.61. The predicted octanol–water partition coefficient (Wildman–Crippen LogP) is 3.71. The molecule has 0 spiro atoms. The van der Waals surface area contributed by atoms with Crippen LogP contribution in [0.15, 0.2) is 34.5 Å². The van der Waals surface area contributed by atoms with Gasteiger partial charge < -0.3 is 10.6 Å². The van der Waals surface area contributed by atoms with E-state index < -0.39 is 10.0 Å². The topological polar surface area (TPSA) is 87.3 Å². The Morgan fingerprint density at radius 1 is 1.21 bits per heavy atom. The summed E-state index contributed by atoms with van der Waals surface area (Å²) in [6.07, 6.45) is 1.94. The van der Waals surface area contributed by atoms with Gasteiger partial charge in [0.1, 0.15) is 0 Å². The van der Waals surface area contributed by atoms with Crippen LogP contribution in [0.5, 0.6) is 0 Å². The van der Waals surface area contributed by atoms with E-state index in [4.69, 9.17) is 0 Å². The molecule has 6 nitrogen and oxygen atoms in total. The van der Waals surface area contributed by atoms with E-state index in [9.17, 15) is 13.2 Å². The third kappa shape index (κ3) is 5.79. The van der Waals surface area contributed by atoms with Crippen molar-refractivity contribution in [2.24, 2.45) is 5.92 Å². The zero-order chi connectivity index (χ0) is 20.3. The first-order valence-electron chi connectivity index (χ1n) is 9.47. The van der Waals surface area contributed by atoms with E-state index in [0.717, 1.165) is 30.8 Å². The normalized spacial score (nSPS) is 16.1. The Morgan fingerprint density at radius 2 is 1.90 bits per heavy atom. The maximum atomic E-state index is 12.8. The molecule has 1 saturated heterocycles. The molecule has 1 fully saturated rings. The lowest BCUT2D eigenvalue weighted by Crippen LogP contribution is -2.42. The number of anilines is 1. The van der Waals surface area contributed by atoms with Crippen LogP contribution in [0.2, 0.25) is 0 Å². The minimum absolute atomic E-state index is 0. The van der Waals surface area contributed by atoms with Crippen LogP contribution in [0.4, 0.5) is 5.69 Å². The van der Waals surface area contributed by atoms with Gasteiger partial charge in [-0.25, -0.2) is 13.1 Å². The highest BCUT2D eigenvalue weighted by Crippen LogP contribution is 2.23. The van der Waals surface area contributed by atoms with Crippen LogP contribution in [-0.2, 0) is 10.0 Å². The molecule has 3 rings (SSSR count). The molecule has 1 aromatic heterocycles. The molecule has 3 N–H and O–H groups in total. The Labute approximate surface area is 182 Å². The number of hydrogen-bond acceptors (Lipinski definition) is 5. The van der Waals surface area contributed by atoms with Crippen molar-refractivity contribution < 1.29 is 13.2 Å². The molecule has 2 heterocycles. The lowest BCUT2D eigenvalue weighted by Gasteiger charge is -2.28.